The molecule has 0 saturated carbocycles. The van der Waals surface area contributed by atoms with Crippen LogP contribution in [0.15, 0.2) is 170 Å². The van der Waals surface area contributed by atoms with E-state index in [-0.39, 0.29) is 0 Å². The van der Waals surface area contributed by atoms with Crippen molar-refractivity contribution in [2.45, 2.75) is 0 Å². The molecule has 47 heavy (non-hydrogen) atoms. The highest BCUT2D eigenvalue weighted by Crippen LogP contribution is 2.57. The maximum Gasteiger partial charge on any atom is 0.0355 e. The fourth-order valence-corrected chi connectivity index (χ4v) is 8.80. The van der Waals surface area contributed by atoms with Gasteiger partial charge in [-0.1, -0.05) is 146 Å². The van der Waals surface area contributed by atoms with Crippen molar-refractivity contribution in [2.24, 2.45) is 0 Å². The zero-order valence-electron chi connectivity index (χ0n) is 25.6. The monoisotopic (exact) mass is 612 g/mol. The van der Waals surface area contributed by atoms with Crippen LogP contribution in [0, 0.1) is 0 Å². The third-order valence-electron chi connectivity index (χ3n) is 9.82. The minimum atomic E-state index is 1.22. The maximum atomic E-state index is 2.44. The Morgan fingerprint density at radius 2 is 0.872 bits per heavy atom. The Morgan fingerprint density at radius 3 is 1.64 bits per heavy atom. The van der Waals surface area contributed by atoms with Gasteiger partial charge in [-0.25, -0.2) is 0 Å². The predicted octanol–water partition coefficient (Wildman–Crippen LogP) is 13.5. The minimum Gasteiger partial charge on any atom is -0.135 e. The van der Waals surface area contributed by atoms with Gasteiger partial charge in [-0.3, -0.25) is 0 Å². The molecule has 0 fully saturated rings. The number of fused-ring (bicyclic) bond motifs is 6. The van der Waals surface area contributed by atoms with Crippen molar-refractivity contribution in [3.8, 4) is 66.8 Å². The van der Waals surface area contributed by atoms with Gasteiger partial charge in [-0.2, -0.15) is 0 Å². The SMILES string of the molecule is c1ccc(-c2cc(-c3ccc(-c4ccc5sc6ccccc6c5c4)cc3)c(-c3ccccc3)c3c2-c2cccc4cccc-3c24)cc1. The molecule has 0 nitrogen and oxygen atoms in total. The summed E-state index contributed by atoms with van der Waals surface area (Å²) < 4.78 is 2.67. The second kappa shape index (κ2) is 10.4. The summed E-state index contributed by atoms with van der Waals surface area (Å²) in [6.45, 7) is 0. The lowest BCUT2D eigenvalue weighted by molar-refractivity contribution is 1.56. The summed E-state index contributed by atoms with van der Waals surface area (Å²) >= 11 is 1.87. The number of benzene rings is 8. The Morgan fingerprint density at radius 1 is 0.298 bits per heavy atom. The molecule has 0 bridgehead atoms. The first-order valence-corrected chi connectivity index (χ1v) is 17.0. The molecular formula is C46H28S. The molecule has 0 atom stereocenters. The summed E-state index contributed by atoms with van der Waals surface area (Å²) in [5.41, 5.74) is 15.3. The van der Waals surface area contributed by atoms with Crippen LogP contribution in [0.2, 0.25) is 0 Å². The molecule has 0 radical (unpaired) electrons. The lowest BCUT2D eigenvalue weighted by atomic mass is 9.82. The summed E-state index contributed by atoms with van der Waals surface area (Å²) in [5, 5.41) is 5.30. The fraction of sp³-hybridized carbons (Fsp3) is 0. The molecule has 9 aromatic rings. The fourth-order valence-electron chi connectivity index (χ4n) is 7.72. The summed E-state index contributed by atoms with van der Waals surface area (Å²) in [6.07, 6.45) is 0. The van der Waals surface area contributed by atoms with Gasteiger partial charge in [-0.05, 0) is 102 Å². The quantitative estimate of drug-likeness (QED) is 0.185. The Labute approximate surface area is 277 Å². The van der Waals surface area contributed by atoms with Gasteiger partial charge in [-0.15, -0.1) is 11.3 Å². The smallest absolute Gasteiger partial charge is 0.0355 e. The van der Waals surface area contributed by atoms with Gasteiger partial charge >= 0.3 is 0 Å². The van der Waals surface area contributed by atoms with Gasteiger partial charge in [0.05, 0.1) is 0 Å². The van der Waals surface area contributed by atoms with Crippen LogP contribution in [0.1, 0.15) is 0 Å². The van der Waals surface area contributed by atoms with Crippen molar-refractivity contribution < 1.29 is 0 Å². The van der Waals surface area contributed by atoms with E-state index in [1.807, 2.05) is 11.3 Å². The molecule has 1 heterocycles. The molecule has 0 spiro atoms. The highest BCUT2D eigenvalue weighted by molar-refractivity contribution is 7.25. The molecular weight excluding hydrogens is 585 g/mol. The second-order valence-corrected chi connectivity index (χ2v) is 13.5. The van der Waals surface area contributed by atoms with Crippen LogP contribution in [0.4, 0.5) is 0 Å². The van der Waals surface area contributed by atoms with Gasteiger partial charge in [0.15, 0.2) is 0 Å². The van der Waals surface area contributed by atoms with Crippen molar-refractivity contribution in [1.82, 2.24) is 0 Å². The predicted molar refractivity (Wildman–Crippen MR) is 203 cm³/mol. The van der Waals surface area contributed by atoms with Crippen molar-refractivity contribution in [3.63, 3.8) is 0 Å². The lowest BCUT2D eigenvalue weighted by Crippen LogP contribution is -1.94. The van der Waals surface area contributed by atoms with Crippen LogP contribution >= 0.6 is 11.3 Å². The van der Waals surface area contributed by atoms with E-state index in [9.17, 15) is 0 Å². The Balaban J connectivity index is 1.22. The van der Waals surface area contributed by atoms with E-state index >= 15 is 0 Å². The largest absolute Gasteiger partial charge is 0.135 e. The Kier molecular flexibility index (Phi) is 5.85. The lowest BCUT2D eigenvalue weighted by Gasteiger charge is -2.21. The highest BCUT2D eigenvalue weighted by atomic mass is 32.1. The summed E-state index contributed by atoms with van der Waals surface area (Å²) in [4.78, 5) is 0. The van der Waals surface area contributed by atoms with Crippen molar-refractivity contribution >= 4 is 42.3 Å². The van der Waals surface area contributed by atoms with Crippen LogP contribution < -0.4 is 0 Å². The van der Waals surface area contributed by atoms with Gasteiger partial charge < -0.3 is 0 Å². The van der Waals surface area contributed by atoms with E-state index in [0.717, 1.165) is 0 Å². The van der Waals surface area contributed by atoms with E-state index in [0.29, 0.717) is 0 Å². The zero-order chi connectivity index (χ0) is 30.9. The van der Waals surface area contributed by atoms with Crippen molar-refractivity contribution in [3.05, 3.63) is 170 Å². The highest BCUT2D eigenvalue weighted by Gasteiger charge is 2.30. The average Bonchev–Trinajstić information content (AvgIpc) is 3.69. The molecule has 1 heteroatoms. The normalized spacial score (nSPS) is 11.8. The third kappa shape index (κ3) is 4.07. The van der Waals surface area contributed by atoms with Gasteiger partial charge in [0, 0.05) is 20.2 Å². The molecule has 0 saturated heterocycles. The first-order chi connectivity index (χ1) is 23.3. The molecule has 0 unspecified atom stereocenters. The van der Waals surface area contributed by atoms with E-state index in [1.54, 1.807) is 0 Å². The molecule has 1 aliphatic carbocycles. The van der Waals surface area contributed by atoms with Crippen LogP contribution in [-0.2, 0) is 0 Å². The van der Waals surface area contributed by atoms with Crippen LogP contribution in [0.5, 0.6) is 0 Å². The van der Waals surface area contributed by atoms with E-state index < -0.39 is 0 Å². The standard InChI is InChI=1S/C46H28S/c1-3-11-30(12-4-1)39-28-38(31-23-21-29(22-24-31)34-25-26-42-40(27-34)35-17-7-8-20-41(35)47-42)44(33-13-5-2-6-14-33)46-37-19-10-16-32-15-9-18-36(43(32)37)45(39)46/h1-28H. The summed E-state index contributed by atoms with van der Waals surface area (Å²) in [7, 11) is 0. The number of hydrogen-bond donors (Lipinski definition) is 0. The molecule has 1 aromatic heterocycles. The molecule has 8 aromatic carbocycles. The van der Waals surface area contributed by atoms with Crippen molar-refractivity contribution in [1.29, 1.82) is 0 Å². The second-order valence-electron chi connectivity index (χ2n) is 12.4. The molecule has 218 valence electrons. The van der Waals surface area contributed by atoms with Gasteiger partial charge in [0.1, 0.15) is 0 Å². The average molecular weight is 613 g/mol. The maximum absolute atomic E-state index is 2.44. The first kappa shape index (κ1) is 26.5. The Bertz CT molecular complexity index is 2640. The summed E-state index contributed by atoms with van der Waals surface area (Å²) in [5.74, 6) is 0. The third-order valence-corrected chi connectivity index (χ3v) is 11.0. The number of thiophene rings is 1. The van der Waals surface area contributed by atoms with E-state index in [1.165, 1.54) is 97.7 Å². The topological polar surface area (TPSA) is 0 Å². The number of rotatable bonds is 4. The summed E-state index contributed by atoms with van der Waals surface area (Å²) in [6, 6.07) is 62.7. The van der Waals surface area contributed by atoms with Crippen molar-refractivity contribution in [2.75, 3.05) is 0 Å². The van der Waals surface area contributed by atoms with Crippen LogP contribution in [0.25, 0.3) is 97.7 Å². The molecule has 1 aliphatic rings. The first-order valence-electron chi connectivity index (χ1n) is 16.2. The Hall–Kier alpha value is -5.76. The molecule has 0 amide bonds. The number of hydrogen-bond acceptors (Lipinski definition) is 1. The molecule has 0 N–H and O–H groups in total. The minimum absolute atomic E-state index is 1.22. The molecule has 10 rings (SSSR count). The van der Waals surface area contributed by atoms with Gasteiger partial charge in [0.25, 0.3) is 0 Å². The van der Waals surface area contributed by atoms with Crippen LogP contribution in [0.3, 0.4) is 0 Å². The van der Waals surface area contributed by atoms with Gasteiger partial charge in [0.2, 0.25) is 0 Å². The van der Waals surface area contributed by atoms with E-state index in [4.69, 9.17) is 0 Å². The zero-order valence-corrected chi connectivity index (χ0v) is 26.4. The van der Waals surface area contributed by atoms with E-state index in [2.05, 4.69) is 170 Å². The van der Waals surface area contributed by atoms with Crippen LogP contribution in [-0.4, -0.2) is 0 Å². The molecule has 0 aliphatic heterocycles.